The van der Waals surface area contributed by atoms with Gasteiger partial charge in [-0.1, -0.05) is 66.5 Å². The van der Waals surface area contributed by atoms with Gasteiger partial charge in [-0.25, -0.2) is 0 Å². The summed E-state index contributed by atoms with van der Waals surface area (Å²) >= 11 is 12.2. The van der Waals surface area contributed by atoms with Crippen molar-refractivity contribution in [1.29, 1.82) is 0 Å². The van der Waals surface area contributed by atoms with E-state index in [0.717, 1.165) is 5.56 Å². The van der Waals surface area contributed by atoms with E-state index in [9.17, 15) is 9.59 Å². The lowest BCUT2D eigenvalue weighted by molar-refractivity contribution is -0.140. The summed E-state index contributed by atoms with van der Waals surface area (Å²) < 4.78 is 0. The Kier molecular flexibility index (Phi) is 8.14. The van der Waals surface area contributed by atoms with Gasteiger partial charge in [0.15, 0.2) is 0 Å². The van der Waals surface area contributed by atoms with Crippen molar-refractivity contribution in [3.05, 3.63) is 69.7 Å². The molecule has 2 amide bonds. The monoisotopic (exact) mass is 406 g/mol. The summed E-state index contributed by atoms with van der Waals surface area (Å²) in [6.45, 7) is 2.36. The van der Waals surface area contributed by atoms with Gasteiger partial charge in [0, 0.05) is 23.6 Å². The smallest absolute Gasteiger partial charge is 0.242 e. The quantitative estimate of drug-likeness (QED) is 0.716. The van der Waals surface area contributed by atoms with Crippen LogP contribution in [-0.2, 0) is 22.4 Å². The predicted molar refractivity (Wildman–Crippen MR) is 110 cm³/mol. The highest BCUT2D eigenvalue weighted by molar-refractivity contribution is 6.35. The highest BCUT2D eigenvalue weighted by Crippen LogP contribution is 2.22. The molecule has 0 saturated heterocycles. The molecule has 6 heteroatoms. The Morgan fingerprint density at radius 3 is 2.41 bits per heavy atom. The van der Waals surface area contributed by atoms with Crippen LogP contribution < -0.4 is 5.32 Å². The highest BCUT2D eigenvalue weighted by Gasteiger charge is 2.27. The summed E-state index contributed by atoms with van der Waals surface area (Å²) in [5, 5.41) is 3.63. The van der Waals surface area contributed by atoms with Crippen molar-refractivity contribution in [1.82, 2.24) is 10.2 Å². The maximum Gasteiger partial charge on any atom is 0.242 e. The summed E-state index contributed by atoms with van der Waals surface area (Å²) in [6, 6.07) is 14.5. The topological polar surface area (TPSA) is 49.4 Å². The first-order valence-electron chi connectivity index (χ1n) is 8.95. The van der Waals surface area contributed by atoms with Crippen LogP contribution in [0.3, 0.4) is 0 Å². The van der Waals surface area contributed by atoms with E-state index in [1.54, 1.807) is 30.1 Å². The Balaban J connectivity index is 2.21. The number of benzene rings is 2. The van der Waals surface area contributed by atoms with Gasteiger partial charge in [-0.2, -0.15) is 0 Å². The van der Waals surface area contributed by atoms with Crippen LogP contribution in [0.15, 0.2) is 48.5 Å². The molecule has 0 aliphatic rings. The average molecular weight is 407 g/mol. The molecule has 2 aromatic carbocycles. The van der Waals surface area contributed by atoms with Gasteiger partial charge in [0.1, 0.15) is 6.04 Å². The molecule has 0 aliphatic heterocycles. The van der Waals surface area contributed by atoms with Crippen LogP contribution in [0.1, 0.15) is 24.5 Å². The van der Waals surface area contributed by atoms with Crippen molar-refractivity contribution >= 4 is 35.0 Å². The number of nitrogens with zero attached hydrogens (tertiary/aromatic N) is 1. The molecule has 144 valence electrons. The van der Waals surface area contributed by atoms with Crippen LogP contribution >= 0.6 is 23.2 Å². The van der Waals surface area contributed by atoms with E-state index in [1.165, 1.54) is 0 Å². The van der Waals surface area contributed by atoms with Crippen molar-refractivity contribution in [2.45, 2.75) is 32.2 Å². The number of hydrogen-bond acceptors (Lipinski definition) is 2. The molecule has 0 saturated carbocycles. The Hall–Kier alpha value is -2.04. The number of amides is 2. The van der Waals surface area contributed by atoms with Crippen LogP contribution in [0.5, 0.6) is 0 Å². The summed E-state index contributed by atoms with van der Waals surface area (Å²) in [6.07, 6.45) is 1.33. The molecule has 0 fully saturated rings. The molecule has 1 unspecified atom stereocenters. The summed E-state index contributed by atoms with van der Waals surface area (Å²) in [5.41, 5.74) is 1.81. The lowest BCUT2D eigenvalue weighted by Gasteiger charge is -2.30. The fraction of sp³-hybridized carbons (Fsp3) is 0.333. The molecule has 0 heterocycles. The Bertz CT molecular complexity index is 781. The number of likely N-dealkylation sites (N-methyl/N-ethyl adjacent to an activating group) is 1. The van der Waals surface area contributed by atoms with Crippen molar-refractivity contribution in [2.24, 2.45) is 0 Å². The van der Waals surface area contributed by atoms with Gasteiger partial charge < -0.3 is 10.2 Å². The number of carbonyl (C=O) groups is 2. The number of halogens is 2. The zero-order chi connectivity index (χ0) is 19.8. The second-order valence-corrected chi connectivity index (χ2v) is 7.12. The summed E-state index contributed by atoms with van der Waals surface area (Å²) in [5.74, 6) is -0.299. The van der Waals surface area contributed by atoms with E-state index < -0.39 is 6.04 Å². The van der Waals surface area contributed by atoms with E-state index in [-0.39, 0.29) is 18.2 Å². The summed E-state index contributed by atoms with van der Waals surface area (Å²) in [4.78, 5) is 27.0. The normalized spacial score (nSPS) is 11.7. The maximum atomic E-state index is 13.0. The van der Waals surface area contributed by atoms with Crippen molar-refractivity contribution in [3.63, 3.8) is 0 Å². The van der Waals surface area contributed by atoms with Crippen LogP contribution in [0, 0.1) is 0 Å². The third kappa shape index (κ3) is 5.98. The van der Waals surface area contributed by atoms with Gasteiger partial charge >= 0.3 is 0 Å². The standard InChI is InChI=1S/C21H24Cl2N2O2/c1-3-19(21(27)24-2)25(12-11-15-7-5-4-6-8-15)20(26)13-16-9-10-17(22)14-18(16)23/h4-10,14,19H,3,11-13H2,1-2H3,(H,24,27). The Morgan fingerprint density at radius 1 is 1.11 bits per heavy atom. The molecule has 1 atom stereocenters. The van der Waals surface area contributed by atoms with E-state index in [4.69, 9.17) is 23.2 Å². The molecule has 0 aromatic heterocycles. The molecule has 1 N–H and O–H groups in total. The first-order valence-corrected chi connectivity index (χ1v) is 9.70. The van der Waals surface area contributed by atoms with E-state index in [0.29, 0.717) is 35.0 Å². The fourth-order valence-electron chi connectivity index (χ4n) is 2.99. The maximum absolute atomic E-state index is 13.0. The van der Waals surface area contributed by atoms with Gasteiger partial charge in [-0.05, 0) is 36.1 Å². The van der Waals surface area contributed by atoms with Gasteiger partial charge in [-0.3, -0.25) is 9.59 Å². The minimum absolute atomic E-state index is 0.123. The van der Waals surface area contributed by atoms with Crippen molar-refractivity contribution < 1.29 is 9.59 Å². The van der Waals surface area contributed by atoms with Crippen molar-refractivity contribution in [2.75, 3.05) is 13.6 Å². The minimum Gasteiger partial charge on any atom is -0.357 e. The number of carbonyl (C=O) groups excluding carboxylic acids is 2. The Labute approximate surface area is 170 Å². The van der Waals surface area contributed by atoms with Gasteiger partial charge in [0.2, 0.25) is 11.8 Å². The second-order valence-electron chi connectivity index (χ2n) is 6.27. The lowest BCUT2D eigenvalue weighted by Crippen LogP contribution is -2.49. The molecule has 2 rings (SSSR count). The Morgan fingerprint density at radius 2 is 1.81 bits per heavy atom. The number of nitrogens with one attached hydrogen (secondary N) is 1. The highest BCUT2D eigenvalue weighted by atomic mass is 35.5. The van der Waals surface area contributed by atoms with E-state index >= 15 is 0 Å². The molecule has 0 spiro atoms. The zero-order valence-electron chi connectivity index (χ0n) is 15.5. The first kappa shape index (κ1) is 21.3. The molecule has 2 aromatic rings. The average Bonchev–Trinajstić information content (AvgIpc) is 2.67. The largest absolute Gasteiger partial charge is 0.357 e. The van der Waals surface area contributed by atoms with Gasteiger partial charge in [0.05, 0.1) is 6.42 Å². The third-order valence-electron chi connectivity index (χ3n) is 4.47. The number of rotatable bonds is 8. The molecule has 0 aliphatic carbocycles. The van der Waals surface area contributed by atoms with E-state index in [2.05, 4.69) is 5.32 Å². The third-order valence-corrected chi connectivity index (χ3v) is 5.06. The van der Waals surface area contributed by atoms with Gasteiger partial charge in [-0.15, -0.1) is 0 Å². The second kappa shape index (κ2) is 10.3. The molecular weight excluding hydrogens is 383 g/mol. The predicted octanol–water partition coefficient (Wildman–Crippen LogP) is 4.13. The minimum atomic E-state index is -0.516. The molecular formula is C21H24Cl2N2O2. The van der Waals surface area contributed by atoms with Gasteiger partial charge in [0.25, 0.3) is 0 Å². The van der Waals surface area contributed by atoms with Crippen molar-refractivity contribution in [3.8, 4) is 0 Å². The molecule has 0 radical (unpaired) electrons. The van der Waals surface area contributed by atoms with Crippen LogP contribution in [-0.4, -0.2) is 36.3 Å². The molecule has 0 bridgehead atoms. The molecule has 27 heavy (non-hydrogen) atoms. The zero-order valence-corrected chi connectivity index (χ0v) is 17.1. The molecule has 4 nitrogen and oxygen atoms in total. The van der Waals surface area contributed by atoms with Crippen LogP contribution in [0.4, 0.5) is 0 Å². The van der Waals surface area contributed by atoms with E-state index in [1.807, 2.05) is 37.3 Å². The SMILES string of the molecule is CCC(C(=O)NC)N(CCc1ccccc1)C(=O)Cc1ccc(Cl)cc1Cl. The number of hydrogen-bond donors (Lipinski definition) is 1. The van der Waals surface area contributed by atoms with Crippen LogP contribution in [0.25, 0.3) is 0 Å². The fourth-order valence-corrected chi connectivity index (χ4v) is 3.47. The first-order chi connectivity index (χ1) is 13.0. The van der Waals surface area contributed by atoms with Crippen LogP contribution in [0.2, 0.25) is 10.0 Å². The lowest BCUT2D eigenvalue weighted by atomic mass is 10.1. The summed E-state index contributed by atoms with van der Waals surface area (Å²) in [7, 11) is 1.58.